The van der Waals surface area contributed by atoms with Crippen LogP contribution >= 0.6 is 23.2 Å². The summed E-state index contributed by atoms with van der Waals surface area (Å²) in [5.74, 6) is 0. The molecule has 3 atom stereocenters. The Morgan fingerprint density at radius 3 is 2.78 bits per heavy atom. The van der Waals surface area contributed by atoms with Gasteiger partial charge in [0.1, 0.15) is 6.10 Å². The Hall–Kier alpha value is -0.480. The summed E-state index contributed by atoms with van der Waals surface area (Å²) in [6.45, 7) is 2.70. The molecule has 0 saturated heterocycles. The first-order valence-electron chi connectivity index (χ1n) is 6.01. The molecule has 1 aliphatic carbocycles. The molecule has 1 aliphatic rings. The average molecular weight is 290 g/mol. The molecule has 1 N–H and O–H groups in total. The highest BCUT2D eigenvalue weighted by molar-refractivity contribution is 6.36. The van der Waals surface area contributed by atoms with E-state index in [-0.39, 0.29) is 18.2 Å². The van der Waals surface area contributed by atoms with E-state index in [4.69, 9.17) is 32.7 Å². The van der Waals surface area contributed by atoms with Gasteiger partial charge in [0.05, 0.1) is 22.9 Å². The van der Waals surface area contributed by atoms with E-state index in [1.807, 2.05) is 19.1 Å². The quantitative estimate of drug-likeness (QED) is 0.898. The minimum atomic E-state index is 0.0664. The lowest BCUT2D eigenvalue weighted by Gasteiger charge is -2.43. The molecule has 0 heterocycles. The highest BCUT2D eigenvalue weighted by atomic mass is 35.5. The van der Waals surface area contributed by atoms with Crippen molar-refractivity contribution in [2.75, 3.05) is 19.0 Å². The molecule has 0 radical (unpaired) electrons. The number of halogens is 2. The lowest BCUT2D eigenvalue weighted by atomic mass is 9.85. The predicted octanol–water partition coefficient (Wildman–Crippen LogP) is 3.60. The minimum absolute atomic E-state index is 0.0664. The number of anilines is 1. The van der Waals surface area contributed by atoms with Gasteiger partial charge in [-0.15, -0.1) is 0 Å². The van der Waals surface area contributed by atoms with Crippen molar-refractivity contribution >= 4 is 28.9 Å². The molecule has 1 fully saturated rings. The van der Waals surface area contributed by atoms with Crippen molar-refractivity contribution in [2.24, 2.45) is 0 Å². The summed E-state index contributed by atoms with van der Waals surface area (Å²) in [4.78, 5) is 0. The molecule has 5 heteroatoms. The van der Waals surface area contributed by atoms with Crippen LogP contribution in [0.15, 0.2) is 18.2 Å². The van der Waals surface area contributed by atoms with Gasteiger partial charge in [-0.25, -0.2) is 0 Å². The summed E-state index contributed by atoms with van der Waals surface area (Å²) in [5.41, 5.74) is 0.878. The van der Waals surface area contributed by atoms with Crippen molar-refractivity contribution in [1.82, 2.24) is 0 Å². The van der Waals surface area contributed by atoms with Crippen LogP contribution in [-0.2, 0) is 9.47 Å². The largest absolute Gasteiger partial charge is 0.378 e. The Morgan fingerprint density at radius 1 is 1.39 bits per heavy atom. The Morgan fingerprint density at radius 2 is 2.17 bits per heavy atom. The van der Waals surface area contributed by atoms with Gasteiger partial charge in [0, 0.05) is 18.7 Å². The van der Waals surface area contributed by atoms with Crippen molar-refractivity contribution in [1.29, 1.82) is 0 Å². The highest BCUT2D eigenvalue weighted by Crippen LogP contribution is 2.33. The fourth-order valence-electron chi connectivity index (χ4n) is 2.22. The molecular formula is C13H17Cl2NO2. The van der Waals surface area contributed by atoms with E-state index < -0.39 is 0 Å². The first-order valence-corrected chi connectivity index (χ1v) is 6.77. The van der Waals surface area contributed by atoms with Gasteiger partial charge in [-0.1, -0.05) is 23.2 Å². The van der Waals surface area contributed by atoms with Crippen LogP contribution in [0.5, 0.6) is 0 Å². The number of hydrogen-bond acceptors (Lipinski definition) is 3. The molecule has 100 valence electrons. The zero-order chi connectivity index (χ0) is 13.1. The molecule has 0 aromatic heterocycles. The third-order valence-electron chi connectivity index (χ3n) is 3.17. The summed E-state index contributed by atoms with van der Waals surface area (Å²) in [7, 11) is 1.70. The SMILES string of the molecule is CCOC1CC(Nc2ccc(Cl)cc2Cl)C1OC. The summed E-state index contributed by atoms with van der Waals surface area (Å²) < 4.78 is 11.0. The fourth-order valence-corrected chi connectivity index (χ4v) is 2.69. The van der Waals surface area contributed by atoms with Gasteiger partial charge in [-0.05, 0) is 31.5 Å². The van der Waals surface area contributed by atoms with E-state index in [1.165, 1.54) is 0 Å². The summed E-state index contributed by atoms with van der Waals surface area (Å²) in [5, 5.41) is 4.62. The van der Waals surface area contributed by atoms with E-state index in [0.29, 0.717) is 16.7 Å². The minimum Gasteiger partial charge on any atom is -0.378 e. The van der Waals surface area contributed by atoms with Gasteiger partial charge >= 0.3 is 0 Å². The molecule has 1 aromatic rings. The van der Waals surface area contributed by atoms with Crippen LogP contribution in [0.2, 0.25) is 10.0 Å². The standard InChI is InChI=1S/C13H17Cl2NO2/c1-3-18-12-7-11(13(12)17-2)16-10-5-4-8(14)6-9(10)15/h4-6,11-13,16H,3,7H2,1-2H3. The number of benzene rings is 1. The topological polar surface area (TPSA) is 30.5 Å². The molecular weight excluding hydrogens is 273 g/mol. The van der Waals surface area contributed by atoms with Crippen molar-refractivity contribution in [3.63, 3.8) is 0 Å². The van der Waals surface area contributed by atoms with Gasteiger partial charge in [0.2, 0.25) is 0 Å². The van der Waals surface area contributed by atoms with Crippen LogP contribution in [0.25, 0.3) is 0 Å². The Bertz CT molecular complexity index is 414. The Kier molecular flexibility index (Phi) is 4.73. The second-order valence-electron chi connectivity index (χ2n) is 4.30. The predicted molar refractivity (Wildman–Crippen MR) is 74.7 cm³/mol. The molecule has 3 unspecified atom stereocenters. The van der Waals surface area contributed by atoms with Crippen LogP contribution in [0.3, 0.4) is 0 Å². The van der Waals surface area contributed by atoms with Crippen molar-refractivity contribution in [3.05, 3.63) is 28.2 Å². The molecule has 0 amide bonds. The molecule has 3 nitrogen and oxygen atoms in total. The van der Waals surface area contributed by atoms with E-state index in [2.05, 4.69) is 5.32 Å². The molecule has 1 aromatic carbocycles. The molecule has 0 bridgehead atoms. The van der Waals surface area contributed by atoms with E-state index >= 15 is 0 Å². The van der Waals surface area contributed by atoms with E-state index in [1.54, 1.807) is 13.2 Å². The maximum Gasteiger partial charge on any atom is 0.103 e. The fraction of sp³-hybridized carbons (Fsp3) is 0.538. The molecule has 2 rings (SSSR count). The second-order valence-corrected chi connectivity index (χ2v) is 5.15. The number of methoxy groups -OCH3 is 1. The smallest absolute Gasteiger partial charge is 0.103 e. The first-order chi connectivity index (χ1) is 8.65. The van der Waals surface area contributed by atoms with Crippen LogP contribution in [0.4, 0.5) is 5.69 Å². The normalized spacial score (nSPS) is 26.8. The lowest BCUT2D eigenvalue weighted by molar-refractivity contribution is -0.118. The molecule has 0 aliphatic heterocycles. The average Bonchev–Trinajstić information content (AvgIpc) is 2.31. The van der Waals surface area contributed by atoms with Gasteiger partial charge in [0.15, 0.2) is 0 Å². The third kappa shape index (κ3) is 2.91. The maximum absolute atomic E-state index is 6.12. The van der Waals surface area contributed by atoms with Gasteiger partial charge in [-0.3, -0.25) is 0 Å². The number of rotatable bonds is 5. The first kappa shape index (κ1) is 13.9. The molecule has 0 spiro atoms. The number of ether oxygens (including phenoxy) is 2. The number of hydrogen-bond donors (Lipinski definition) is 1. The summed E-state index contributed by atoms with van der Waals surface area (Å²) in [6, 6.07) is 5.65. The molecule has 1 saturated carbocycles. The van der Waals surface area contributed by atoms with Gasteiger partial charge in [0.25, 0.3) is 0 Å². The second kappa shape index (κ2) is 6.11. The van der Waals surface area contributed by atoms with Gasteiger partial charge in [-0.2, -0.15) is 0 Å². The maximum atomic E-state index is 6.12. The lowest BCUT2D eigenvalue weighted by Crippen LogP contribution is -2.56. The van der Waals surface area contributed by atoms with E-state index in [0.717, 1.165) is 12.1 Å². The van der Waals surface area contributed by atoms with Crippen molar-refractivity contribution in [3.8, 4) is 0 Å². The van der Waals surface area contributed by atoms with Crippen LogP contribution in [0.1, 0.15) is 13.3 Å². The Labute approximate surface area is 117 Å². The zero-order valence-electron chi connectivity index (χ0n) is 10.5. The van der Waals surface area contributed by atoms with Crippen molar-refractivity contribution < 1.29 is 9.47 Å². The van der Waals surface area contributed by atoms with E-state index in [9.17, 15) is 0 Å². The third-order valence-corrected chi connectivity index (χ3v) is 3.72. The molecule has 18 heavy (non-hydrogen) atoms. The van der Waals surface area contributed by atoms with Crippen molar-refractivity contribution in [2.45, 2.75) is 31.6 Å². The van der Waals surface area contributed by atoms with Crippen LogP contribution < -0.4 is 5.32 Å². The Balaban J connectivity index is 1.98. The van der Waals surface area contributed by atoms with Gasteiger partial charge < -0.3 is 14.8 Å². The summed E-state index contributed by atoms with van der Waals surface area (Å²) in [6.07, 6.45) is 1.16. The highest BCUT2D eigenvalue weighted by Gasteiger charge is 2.42. The monoisotopic (exact) mass is 289 g/mol. The van der Waals surface area contributed by atoms with Crippen LogP contribution in [0, 0.1) is 0 Å². The summed E-state index contributed by atoms with van der Waals surface area (Å²) >= 11 is 12.0. The van der Waals surface area contributed by atoms with Crippen LogP contribution in [-0.4, -0.2) is 32.0 Å². The number of nitrogens with one attached hydrogen (secondary N) is 1. The zero-order valence-corrected chi connectivity index (χ0v) is 12.0.